The van der Waals surface area contributed by atoms with Gasteiger partial charge in [0.15, 0.2) is 5.79 Å². The third kappa shape index (κ3) is 5.71. The normalized spacial score (nSPS) is 11.5. The maximum atomic E-state index is 12.5. The lowest BCUT2D eigenvalue weighted by Gasteiger charge is -2.32. The fourth-order valence-corrected chi connectivity index (χ4v) is 4.43. The first-order chi connectivity index (χ1) is 10.4. The Hall–Kier alpha value is 0.800. The number of benzene rings is 1. The number of nitrogens with one attached hydrogen (secondary N) is 1. The highest BCUT2D eigenvalue weighted by Gasteiger charge is 2.30. The number of carbonyl (C=O) groups is 1. The second kappa shape index (κ2) is 9.94. The van der Waals surface area contributed by atoms with Crippen LogP contribution in [-0.2, 0) is 9.47 Å². The van der Waals surface area contributed by atoms with Gasteiger partial charge in [-0.25, -0.2) is 0 Å². The van der Waals surface area contributed by atoms with Crippen molar-refractivity contribution in [3.63, 3.8) is 0 Å². The highest BCUT2D eigenvalue weighted by Crippen LogP contribution is 2.23. The molecule has 0 radical (unpaired) electrons. The van der Waals surface area contributed by atoms with Crippen LogP contribution in [0, 0.1) is 10.7 Å². The van der Waals surface area contributed by atoms with Crippen LogP contribution in [-0.4, -0.2) is 31.5 Å². The van der Waals surface area contributed by atoms with Crippen molar-refractivity contribution in [2.45, 2.75) is 33.0 Å². The molecule has 0 aliphatic rings. The molecule has 4 nitrogen and oxygen atoms in total. The largest absolute Gasteiger partial charge is 0.349 e. The van der Waals surface area contributed by atoms with Crippen LogP contribution in [0.3, 0.4) is 0 Å². The first kappa shape index (κ1) is 20.8. The Morgan fingerprint density at radius 3 is 2.23 bits per heavy atom. The maximum absolute atomic E-state index is 12.5. The average Bonchev–Trinajstić information content (AvgIpc) is 2.48. The summed E-state index contributed by atoms with van der Waals surface area (Å²) in [7, 11) is 0. The van der Waals surface area contributed by atoms with Crippen LogP contribution in [0.15, 0.2) is 12.1 Å². The maximum Gasteiger partial charge on any atom is 0.252 e. The molecule has 22 heavy (non-hydrogen) atoms. The summed E-state index contributed by atoms with van der Waals surface area (Å²) in [5.74, 6) is -0.849. The number of rotatable bonds is 8. The second-order valence-electron chi connectivity index (χ2n) is 4.56. The summed E-state index contributed by atoms with van der Waals surface area (Å²) < 4.78 is 14.6. The van der Waals surface area contributed by atoms with Crippen molar-refractivity contribution in [3.05, 3.63) is 28.4 Å². The first-order valence-electron chi connectivity index (χ1n) is 7.09. The summed E-state index contributed by atoms with van der Waals surface area (Å²) in [5.41, 5.74) is 0.690. The Kier molecular flexibility index (Phi) is 9.42. The zero-order chi connectivity index (χ0) is 16.8. The van der Waals surface area contributed by atoms with Gasteiger partial charge in [-0.05, 0) is 93.8 Å². The molecular formula is C15H20I3NO3. The first-order valence-corrected chi connectivity index (χ1v) is 10.3. The Labute approximate surface area is 172 Å². The topological polar surface area (TPSA) is 47.6 Å². The van der Waals surface area contributed by atoms with E-state index in [1.807, 2.05) is 26.8 Å². The smallest absolute Gasteiger partial charge is 0.252 e. The van der Waals surface area contributed by atoms with Gasteiger partial charge in [0.25, 0.3) is 5.91 Å². The minimum atomic E-state index is -0.750. The van der Waals surface area contributed by atoms with E-state index in [2.05, 4.69) is 79.2 Å². The van der Waals surface area contributed by atoms with Gasteiger partial charge in [0.1, 0.15) is 0 Å². The van der Waals surface area contributed by atoms with Crippen LogP contribution in [0.4, 0.5) is 0 Å². The molecule has 1 rings (SSSR count). The molecule has 0 aromatic heterocycles. The van der Waals surface area contributed by atoms with Crippen molar-refractivity contribution in [1.29, 1.82) is 0 Å². The molecule has 0 saturated heterocycles. The third-order valence-electron chi connectivity index (χ3n) is 3.11. The van der Waals surface area contributed by atoms with Crippen molar-refractivity contribution >= 4 is 73.7 Å². The molecule has 1 aromatic carbocycles. The average molecular weight is 643 g/mol. The quantitative estimate of drug-likeness (QED) is 0.260. The van der Waals surface area contributed by atoms with E-state index in [1.54, 1.807) is 0 Å². The van der Waals surface area contributed by atoms with Gasteiger partial charge in [0.2, 0.25) is 0 Å². The van der Waals surface area contributed by atoms with Gasteiger partial charge in [-0.15, -0.1) is 0 Å². The standard InChI is InChI=1S/C15H20I3NO3/c1-4-15(21-5-2,22-6-3)9-19-14(20)11-7-10(16)8-12(17)13(11)18/h7-8H,4-6,9H2,1-3H3,(H,19,20). The highest BCUT2D eigenvalue weighted by atomic mass is 127. The molecule has 0 saturated carbocycles. The van der Waals surface area contributed by atoms with E-state index in [4.69, 9.17) is 9.47 Å². The molecule has 0 heterocycles. The number of carbonyl (C=O) groups excluding carboxylic acids is 1. The molecule has 0 unspecified atom stereocenters. The van der Waals surface area contributed by atoms with E-state index >= 15 is 0 Å². The van der Waals surface area contributed by atoms with Crippen molar-refractivity contribution in [2.24, 2.45) is 0 Å². The lowest BCUT2D eigenvalue weighted by atomic mass is 10.1. The zero-order valence-electron chi connectivity index (χ0n) is 12.8. The second-order valence-corrected chi connectivity index (χ2v) is 8.05. The molecular weight excluding hydrogens is 623 g/mol. The molecule has 0 aliphatic heterocycles. The Morgan fingerprint density at radius 1 is 1.14 bits per heavy atom. The highest BCUT2D eigenvalue weighted by molar-refractivity contribution is 14.1. The van der Waals surface area contributed by atoms with Gasteiger partial charge in [-0.3, -0.25) is 4.79 Å². The van der Waals surface area contributed by atoms with Crippen LogP contribution in [0.25, 0.3) is 0 Å². The summed E-state index contributed by atoms with van der Waals surface area (Å²) in [6.07, 6.45) is 0.676. The molecule has 1 N–H and O–H groups in total. The molecule has 0 bridgehead atoms. The van der Waals surface area contributed by atoms with E-state index in [-0.39, 0.29) is 5.91 Å². The van der Waals surface area contributed by atoms with E-state index in [9.17, 15) is 4.79 Å². The van der Waals surface area contributed by atoms with Gasteiger partial charge in [-0.1, -0.05) is 6.92 Å². The molecule has 7 heteroatoms. The molecule has 124 valence electrons. The van der Waals surface area contributed by atoms with Crippen LogP contribution in [0.2, 0.25) is 0 Å². The predicted molar refractivity (Wildman–Crippen MR) is 113 cm³/mol. The monoisotopic (exact) mass is 643 g/mol. The molecule has 1 amide bonds. The molecule has 1 aromatic rings. The van der Waals surface area contributed by atoms with E-state index < -0.39 is 5.79 Å². The Balaban J connectivity index is 2.88. The van der Waals surface area contributed by atoms with Crippen LogP contribution >= 0.6 is 67.8 Å². The summed E-state index contributed by atoms with van der Waals surface area (Å²) in [5, 5.41) is 2.96. The Morgan fingerprint density at radius 2 is 1.73 bits per heavy atom. The molecule has 0 atom stereocenters. The Bertz CT molecular complexity index is 517. The summed E-state index contributed by atoms with van der Waals surface area (Å²) in [4.78, 5) is 12.5. The molecule has 0 spiro atoms. The predicted octanol–water partition coefficient (Wildman–Crippen LogP) is 4.41. The van der Waals surface area contributed by atoms with Crippen molar-refractivity contribution < 1.29 is 14.3 Å². The number of hydrogen-bond donors (Lipinski definition) is 1. The molecule has 0 fully saturated rings. The fraction of sp³-hybridized carbons (Fsp3) is 0.533. The number of halogens is 3. The summed E-state index contributed by atoms with van der Waals surface area (Å²) >= 11 is 6.67. The van der Waals surface area contributed by atoms with E-state index in [1.165, 1.54) is 0 Å². The zero-order valence-corrected chi connectivity index (χ0v) is 19.3. The van der Waals surface area contributed by atoms with Gasteiger partial charge in [0, 0.05) is 30.3 Å². The minimum Gasteiger partial charge on any atom is -0.349 e. The minimum absolute atomic E-state index is 0.0990. The van der Waals surface area contributed by atoms with Crippen molar-refractivity contribution in [1.82, 2.24) is 5.32 Å². The lowest BCUT2D eigenvalue weighted by molar-refractivity contribution is -0.229. The number of amides is 1. The fourth-order valence-electron chi connectivity index (χ4n) is 2.03. The summed E-state index contributed by atoms with van der Waals surface area (Å²) in [6, 6.07) is 3.95. The van der Waals surface area contributed by atoms with Gasteiger partial charge >= 0.3 is 0 Å². The number of ether oxygens (including phenoxy) is 2. The van der Waals surface area contributed by atoms with Gasteiger partial charge in [0.05, 0.1) is 12.1 Å². The van der Waals surface area contributed by atoms with Gasteiger partial charge in [-0.2, -0.15) is 0 Å². The SMILES string of the molecule is CCOC(CC)(CNC(=O)c1cc(I)cc(I)c1I)OCC. The molecule has 0 aliphatic carbocycles. The van der Waals surface area contributed by atoms with Crippen LogP contribution in [0.1, 0.15) is 37.6 Å². The number of hydrogen-bond acceptors (Lipinski definition) is 3. The van der Waals surface area contributed by atoms with E-state index in [0.29, 0.717) is 31.7 Å². The van der Waals surface area contributed by atoms with Gasteiger partial charge < -0.3 is 14.8 Å². The van der Waals surface area contributed by atoms with Crippen LogP contribution in [0.5, 0.6) is 0 Å². The van der Waals surface area contributed by atoms with Crippen molar-refractivity contribution in [2.75, 3.05) is 19.8 Å². The van der Waals surface area contributed by atoms with E-state index in [0.717, 1.165) is 10.7 Å². The third-order valence-corrected chi connectivity index (χ3v) is 6.78. The summed E-state index contributed by atoms with van der Waals surface area (Å²) in [6.45, 7) is 7.27. The van der Waals surface area contributed by atoms with Crippen molar-refractivity contribution in [3.8, 4) is 0 Å². The lowest BCUT2D eigenvalue weighted by Crippen LogP contribution is -2.47. The van der Waals surface area contributed by atoms with Crippen LogP contribution < -0.4 is 5.32 Å².